The molecule has 0 unspecified atom stereocenters. The summed E-state index contributed by atoms with van der Waals surface area (Å²) in [5.41, 5.74) is 0. The smallest absolute Gasteiger partial charge is 0.238 e. The van der Waals surface area contributed by atoms with E-state index in [1.165, 1.54) is 18.7 Å². The van der Waals surface area contributed by atoms with Crippen LogP contribution in [0.3, 0.4) is 0 Å². The fourth-order valence-corrected chi connectivity index (χ4v) is 1.77. The molecule has 0 spiro atoms. The van der Waals surface area contributed by atoms with Crippen molar-refractivity contribution in [1.82, 2.24) is 15.0 Å². The SMILES string of the molecule is CC(=O)CCNc1nc(Cl)nc(N(C(C)=O)C(C)C)n1. The summed E-state index contributed by atoms with van der Waals surface area (Å²) in [6.45, 7) is 7.03. The van der Waals surface area contributed by atoms with Crippen LogP contribution in [0.5, 0.6) is 0 Å². The number of anilines is 2. The van der Waals surface area contributed by atoms with E-state index in [1.807, 2.05) is 13.8 Å². The van der Waals surface area contributed by atoms with E-state index in [4.69, 9.17) is 11.6 Å². The van der Waals surface area contributed by atoms with Crippen molar-refractivity contribution in [3.8, 4) is 0 Å². The summed E-state index contributed by atoms with van der Waals surface area (Å²) >= 11 is 5.84. The second-order valence-corrected chi connectivity index (χ2v) is 4.93. The van der Waals surface area contributed by atoms with E-state index in [1.54, 1.807) is 0 Å². The van der Waals surface area contributed by atoms with Gasteiger partial charge in [0, 0.05) is 25.9 Å². The first-order valence-electron chi connectivity index (χ1n) is 6.26. The molecule has 0 saturated heterocycles. The number of rotatable bonds is 6. The zero-order chi connectivity index (χ0) is 15.3. The maximum absolute atomic E-state index is 11.6. The van der Waals surface area contributed by atoms with Crippen LogP contribution in [0.4, 0.5) is 11.9 Å². The van der Waals surface area contributed by atoms with E-state index in [0.717, 1.165) is 0 Å². The molecule has 0 aliphatic carbocycles. The molecule has 20 heavy (non-hydrogen) atoms. The maximum Gasteiger partial charge on any atom is 0.238 e. The van der Waals surface area contributed by atoms with Crippen LogP contribution in [0.2, 0.25) is 5.28 Å². The van der Waals surface area contributed by atoms with Crippen LogP contribution in [0.15, 0.2) is 0 Å². The van der Waals surface area contributed by atoms with Gasteiger partial charge in [0.1, 0.15) is 5.78 Å². The lowest BCUT2D eigenvalue weighted by Gasteiger charge is -2.23. The van der Waals surface area contributed by atoms with Gasteiger partial charge in [-0.25, -0.2) is 0 Å². The Balaban J connectivity index is 2.95. The standard InChI is InChI=1S/C12H18ClN5O2/c1-7(2)18(9(4)20)12-16-10(13)15-11(17-12)14-6-5-8(3)19/h7H,5-6H2,1-4H3,(H,14,15,16,17). The van der Waals surface area contributed by atoms with Crippen molar-refractivity contribution in [1.29, 1.82) is 0 Å². The lowest BCUT2D eigenvalue weighted by atomic mass is 10.3. The van der Waals surface area contributed by atoms with E-state index in [9.17, 15) is 9.59 Å². The zero-order valence-electron chi connectivity index (χ0n) is 12.0. The molecule has 0 aliphatic rings. The van der Waals surface area contributed by atoms with Crippen molar-refractivity contribution in [2.24, 2.45) is 0 Å². The van der Waals surface area contributed by atoms with Crippen LogP contribution in [0.1, 0.15) is 34.1 Å². The lowest BCUT2D eigenvalue weighted by Crippen LogP contribution is -2.36. The number of nitrogens with one attached hydrogen (secondary N) is 1. The number of nitrogens with zero attached hydrogens (tertiary/aromatic N) is 4. The quantitative estimate of drug-likeness (QED) is 0.859. The number of amides is 1. The van der Waals surface area contributed by atoms with Gasteiger partial charge in [-0.1, -0.05) is 0 Å². The zero-order valence-corrected chi connectivity index (χ0v) is 12.7. The van der Waals surface area contributed by atoms with Crippen LogP contribution in [-0.2, 0) is 9.59 Å². The summed E-state index contributed by atoms with van der Waals surface area (Å²) in [6.07, 6.45) is 0.360. The number of carbonyl (C=O) groups is 2. The molecule has 0 radical (unpaired) electrons. The average Bonchev–Trinajstić information content (AvgIpc) is 2.26. The predicted octanol–water partition coefficient (Wildman–Crippen LogP) is 1.68. The van der Waals surface area contributed by atoms with Gasteiger partial charge < -0.3 is 5.32 Å². The summed E-state index contributed by atoms with van der Waals surface area (Å²) in [6, 6.07) is -0.101. The monoisotopic (exact) mass is 299 g/mol. The van der Waals surface area contributed by atoms with Gasteiger partial charge in [0.05, 0.1) is 0 Å². The maximum atomic E-state index is 11.6. The topological polar surface area (TPSA) is 88.1 Å². The summed E-state index contributed by atoms with van der Waals surface area (Å²) in [5, 5.41) is 2.88. The van der Waals surface area contributed by atoms with E-state index >= 15 is 0 Å². The molecule has 1 amide bonds. The van der Waals surface area contributed by atoms with E-state index in [0.29, 0.717) is 13.0 Å². The van der Waals surface area contributed by atoms with Gasteiger partial charge >= 0.3 is 0 Å². The van der Waals surface area contributed by atoms with Crippen molar-refractivity contribution in [2.75, 3.05) is 16.8 Å². The summed E-state index contributed by atoms with van der Waals surface area (Å²) in [4.78, 5) is 36.0. The van der Waals surface area contributed by atoms with Crippen molar-refractivity contribution < 1.29 is 9.59 Å². The molecule has 0 bridgehead atoms. The number of Topliss-reactive ketones (excluding diaryl/α,β-unsaturated/α-hetero) is 1. The Morgan fingerprint density at radius 1 is 1.25 bits per heavy atom. The summed E-state index contributed by atoms with van der Waals surface area (Å²) in [5.74, 6) is 0.313. The second-order valence-electron chi connectivity index (χ2n) is 4.59. The molecule has 1 N–H and O–H groups in total. The highest BCUT2D eigenvalue weighted by Gasteiger charge is 2.19. The van der Waals surface area contributed by atoms with Crippen molar-refractivity contribution in [3.63, 3.8) is 0 Å². The van der Waals surface area contributed by atoms with Gasteiger partial charge in [0.15, 0.2) is 0 Å². The Bertz CT molecular complexity index is 507. The Labute approximate surface area is 122 Å². The lowest BCUT2D eigenvalue weighted by molar-refractivity contribution is -0.117. The van der Waals surface area contributed by atoms with Gasteiger partial charge in [-0.05, 0) is 32.4 Å². The molecule has 1 rings (SSSR count). The Hall–Kier alpha value is -1.76. The fourth-order valence-electron chi connectivity index (χ4n) is 1.61. The first kappa shape index (κ1) is 16.3. The van der Waals surface area contributed by atoms with Crippen LogP contribution < -0.4 is 10.2 Å². The van der Waals surface area contributed by atoms with Gasteiger partial charge in [-0.3, -0.25) is 14.5 Å². The molecule has 0 aliphatic heterocycles. The molecule has 7 nitrogen and oxygen atoms in total. The average molecular weight is 300 g/mol. The minimum Gasteiger partial charge on any atom is -0.354 e. The number of ketones is 1. The highest BCUT2D eigenvalue weighted by molar-refractivity contribution is 6.28. The highest BCUT2D eigenvalue weighted by atomic mass is 35.5. The Morgan fingerprint density at radius 3 is 2.40 bits per heavy atom. The number of carbonyl (C=O) groups excluding carboxylic acids is 2. The molecular weight excluding hydrogens is 282 g/mol. The van der Waals surface area contributed by atoms with Crippen LogP contribution in [0.25, 0.3) is 0 Å². The number of hydrogen-bond acceptors (Lipinski definition) is 6. The number of hydrogen-bond donors (Lipinski definition) is 1. The second kappa shape index (κ2) is 7.14. The van der Waals surface area contributed by atoms with Gasteiger partial charge in [0.25, 0.3) is 0 Å². The fraction of sp³-hybridized carbons (Fsp3) is 0.583. The normalized spacial score (nSPS) is 10.5. The van der Waals surface area contributed by atoms with Gasteiger partial charge in [-0.2, -0.15) is 15.0 Å². The third kappa shape index (κ3) is 4.73. The van der Waals surface area contributed by atoms with Crippen LogP contribution in [-0.4, -0.2) is 39.2 Å². The predicted molar refractivity (Wildman–Crippen MR) is 76.9 cm³/mol. The van der Waals surface area contributed by atoms with E-state index in [2.05, 4.69) is 20.3 Å². The van der Waals surface area contributed by atoms with Gasteiger partial charge in [-0.15, -0.1) is 0 Å². The molecule has 110 valence electrons. The van der Waals surface area contributed by atoms with Crippen LogP contribution in [0, 0.1) is 0 Å². The first-order chi connectivity index (χ1) is 9.31. The molecule has 1 aromatic heterocycles. The Morgan fingerprint density at radius 2 is 1.90 bits per heavy atom. The number of aromatic nitrogens is 3. The Kier molecular flexibility index (Phi) is 5.82. The minimum absolute atomic E-state index is 0.00720. The summed E-state index contributed by atoms with van der Waals surface area (Å²) in [7, 11) is 0. The van der Waals surface area contributed by atoms with E-state index < -0.39 is 0 Å². The molecule has 0 aromatic carbocycles. The third-order valence-electron chi connectivity index (χ3n) is 2.43. The van der Waals surface area contributed by atoms with Crippen molar-refractivity contribution in [3.05, 3.63) is 5.28 Å². The highest BCUT2D eigenvalue weighted by Crippen LogP contribution is 2.16. The summed E-state index contributed by atoms with van der Waals surface area (Å²) < 4.78 is 0. The molecule has 0 saturated carbocycles. The van der Waals surface area contributed by atoms with Crippen LogP contribution >= 0.6 is 11.6 Å². The van der Waals surface area contributed by atoms with E-state index in [-0.39, 0.29) is 34.9 Å². The molecule has 0 fully saturated rings. The first-order valence-corrected chi connectivity index (χ1v) is 6.63. The largest absolute Gasteiger partial charge is 0.354 e. The minimum atomic E-state index is -0.183. The molecule has 8 heteroatoms. The number of halogens is 1. The van der Waals surface area contributed by atoms with Crippen molar-refractivity contribution in [2.45, 2.75) is 40.2 Å². The molecular formula is C12H18ClN5O2. The third-order valence-corrected chi connectivity index (χ3v) is 2.60. The van der Waals surface area contributed by atoms with Crippen molar-refractivity contribution >= 4 is 35.2 Å². The molecule has 1 aromatic rings. The molecule has 0 atom stereocenters. The molecule has 1 heterocycles. The van der Waals surface area contributed by atoms with Gasteiger partial charge in [0.2, 0.25) is 23.1 Å².